The van der Waals surface area contributed by atoms with Crippen LogP contribution in [0.25, 0.3) is 0 Å². The molecule has 0 aromatic carbocycles. The Morgan fingerprint density at radius 2 is 0.453 bits per heavy atom. The molecule has 0 aliphatic rings. The van der Waals surface area contributed by atoms with Crippen molar-refractivity contribution in [2.24, 2.45) is 0 Å². The first-order valence-electron chi connectivity index (χ1n) is 25.2. The summed E-state index contributed by atoms with van der Waals surface area (Å²) < 4.78 is 0. The van der Waals surface area contributed by atoms with E-state index in [9.17, 15) is 4.79 Å². The number of carboxylic acid groups (broad SMARTS) is 1. The second-order valence-corrected chi connectivity index (χ2v) is 17.5. The van der Waals surface area contributed by atoms with Crippen LogP contribution < -0.4 is 5.32 Å². The summed E-state index contributed by atoms with van der Waals surface area (Å²) in [5, 5.41) is 12.0. The Morgan fingerprint density at radius 3 is 0.642 bits per heavy atom. The summed E-state index contributed by atoms with van der Waals surface area (Å²) in [6.07, 6.45) is 65.2. The van der Waals surface area contributed by atoms with Gasteiger partial charge in [-0.1, -0.05) is 283 Å². The highest BCUT2D eigenvalue weighted by atomic mass is 16.4. The minimum absolute atomic E-state index is 0.285. The molecule has 0 aromatic rings. The van der Waals surface area contributed by atoms with Gasteiger partial charge in [-0.25, -0.2) is 0 Å². The topological polar surface area (TPSA) is 49.3 Å². The standard InChI is InChI=1S/C50H101NO2/c1-2-3-4-5-6-7-8-9-10-11-12-13-14-15-16-17-18-19-20-21-22-23-24-25-26-27-28-29-30-31-32-33-34-35-36-37-38-39-40-41-42-43-44-45-48-51-49-46-47-50(52)53/h51H,2-49H2,1H3,(H,52,53). The van der Waals surface area contributed by atoms with Crippen LogP contribution in [0.5, 0.6) is 0 Å². The number of carbonyl (C=O) groups is 1. The van der Waals surface area contributed by atoms with Crippen molar-refractivity contribution in [2.45, 2.75) is 302 Å². The van der Waals surface area contributed by atoms with E-state index in [1.807, 2.05) is 0 Å². The minimum atomic E-state index is -0.686. The lowest BCUT2D eigenvalue weighted by Crippen LogP contribution is -2.17. The summed E-state index contributed by atoms with van der Waals surface area (Å²) in [5.41, 5.74) is 0. The fraction of sp³-hybridized carbons (Fsp3) is 0.980. The highest BCUT2D eigenvalue weighted by molar-refractivity contribution is 5.66. The Morgan fingerprint density at radius 1 is 0.283 bits per heavy atom. The van der Waals surface area contributed by atoms with Gasteiger partial charge in [0.25, 0.3) is 0 Å². The maximum atomic E-state index is 10.5. The maximum Gasteiger partial charge on any atom is 0.303 e. The third-order valence-electron chi connectivity index (χ3n) is 12.0. The number of hydrogen-bond donors (Lipinski definition) is 2. The molecule has 0 unspecified atom stereocenters. The van der Waals surface area contributed by atoms with Crippen LogP contribution in [0.4, 0.5) is 0 Å². The normalized spacial score (nSPS) is 11.6. The van der Waals surface area contributed by atoms with Gasteiger partial charge in [-0.3, -0.25) is 4.79 Å². The monoisotopic (exact) mass is 748 g/mol. The predicted octanol–water partition coefficient (Wildman–Crippen LogP) is 17.6. The van der Waals surface area contributed by atoms with Gasteiger partial charge >= 0.3 is 5.97 Å². The lowest BCUT2D eigenvalue weighted by Gasteiger charge is -2.05. The van der Waals surface area contributed by atoms with Crippen molar-refractivity contribution in [1.82, 2.24) is 5.32 Å². The molecule has 0 bridgehead atoms. The second-order valence-electron chi connectivity index (χ2n) is 17.5. The quantitative estimate of drug-likeness (QED) is 0.0609. The molecular formula is C50H101NO2. The van der Waals surface area contributed by atoms with Gasteiger partial charge in [0.05, 0.1) is 0 Å². The average Bonchev–Trinajstić information content (AvgIpc) is 3.15. The Bertz CT molecular complexity index is 651. The molecule has 0 heterocycles. The van der Waals surface area contributed by atoms with Gasteiger partial charge in [0, 0.05) is 6.42 Å². The predicted molar refractivity (Wildman–Crippen MR) is 239 cm³/mol. The number of rotatable bonds is 49. The lowest BCUT2D eigenvalue weighted by molar-refractivity contribution is -0.137. The summed E-state index contributed by atoms with van der Waals surface area (Å²) in [4.78, 5) is 10.5. The van der Waals surface area contributed by atoms with Crippen LogP contribution in [-0.2, 0) is 4.79 Å². The molecule has 0 aliphatic heterocycles. The third kappa shape index (κ3) is 51.4. The summed E-state index contributed by atoms with van der Waals surface area (Å²) >= 11 is 0. The first-order chi connectivity index (χ1) is 26.3. The van der Waals surface area contributed by atoms with Crippen molar-refractivity contribution >= 4 is 5.97 Å². The number of unbranched alkanes of at least 4 members (excludes halogenated alkanes) is 43. The number of hydrogen-bond acceptors (Lipinski definition) is 2. The molecule has 3 heteroatoms. The zero-order chi connectivity index (χ0) is 38.2. The van der Waals surface area contributed by atoms with Gasteiger partial charge < -0.3 is 10.4 Å². The molecule has 53 heavy (non-hydrogen) atoms. The van der Waals surface area contributed by atoms with E-state index in [2.05, 4.69) is 12.2 Å². The Kier molecular flexibility index (Phi) is 48.9. The molecule has 3 nitrogen and oxygen atoms in total. The molecule has 318 valence electrons. The highest BCUT2D eigenvalue weighted by Crippen LogP contribution is 2.18. The van der Waals surface area contributed by atoms with Crippen LogP contribution in [-0.4, -0.2) is 24.2 Å². The van der Waals surface area contributed by atoms with Crippen molar-refractivity contribution < 1.29 is 9.90 Å². The smallest absolute Gasteiger partial charge is 0.303 e. The van der Waals surface area contributed by atoms with Crippen LogP contribution in [0.3, 0.4) is 0 Å². The van der Waals surface area contributed by atoms with E-state index in [1.54, 1.807) is 0 Å². The fourth-order valence-electron chi connectivity index (χ4n) is 8.24. The Balaban J connectivity index is 3.05. The largest absolute Gasteiger partial charge is 0.481 e. The maximum absolute atomic E-state index is 10.5. The highest BCUT2D eigenvalue weighted by Gasteiger charge is 1.99. The molecular weight excluding hydrogens is 647 g/mol. The summed E-state index contributed by atoms with van der Waals surface area (Å²) in [6.45, 7) is 4.19. The number of nitrogens with one attached hydrogen (secondary N) is 1. The first-order valence-corrected chi connectivity index (χ1v) is 25.2. The van der Waals surface area contributed by atoms with Gasteiger partial charge in [-0.05, 0) is 25.9 Å². The van der Waals surface area contributed by atoms with E-state index in [0.717, 1.165) is 19.5 Å². The molecule has 0 amide bonds. The van der Waals surface area contributed by atoms with Crippen molar-refractivity contribution in [3.63, 3.8) is 0 Å². The van der Waals surface area contributed by atoms with Gasteiger partial charge in [-0.15, -0.1) is 0 Å². The van der Waals surface area contributed by atoms with E-state index >= 15 is 0 Å². The van der Waals surface area contributed by atoms with Gasteiger partial charge in [0.15, 0.2) is 0 Å². The van der Waals surface area contributed by atoms with Crippen molar-refractivity contribution in [3.05, 3.63) is 0 Å². The number of carboxylic acids is 1. The van der Waals surface area contributed by atoms with E-state index < -0.39 is 5.97 Å². The first kappa shape index (κ1) is 52.4. The van der Waals surface area contributed by atoms with Crippen LogP contribution >= 0.6 is 0 Å². The molecule has 0 rings (SSSR count). The summed E-state index contributed by atoms with van der Waals surface area (Å²) in [6, 6.07) is 0. The summed E-state index contributed by atoms with van der Waals surface area (Å²) in [7, 11) is 0. The third-order valence-corrected chi connectivity index (χ3v) is 12.0. The van der Waals surface area contributed by atoms with Crippen LogP contribution in [0.15, 0.2) is 0 Å². The Hall–Kier alpha value is -0.570. The molecule has 0 aromatic heterocycles. The number of aliphatic carboxylic acids is 1. The lowest BCUT2D eigenvalue weighted by atomic mass is 10.0. The summed E-state index contributed by atoms with van der Waals surface area (Å²) in [5.74, 6) is -0.686. The molecule has 0 atom stereocenters. The van der Waals surface area contributed by atoms with E-state index in [4.69, 9.17) is 5.11 Å². The van der Waals surface area contributed by atoms with Gasteiger partial charge in [0.2, 0.25) is 0 Å². The van der Waals surface area contributed by atoms with Crippen molar-refractivity contribution in [3.8, 4) is 0 Å². The van der Waals surface area contributed by atoms with Crippen molar-refractivity contribution in [1.29, 1.82) is 0 Å². The molecule has 0 radical (unpaired) electrons. The molecule has 2 N–H and O–H groups in total. The zero-order valence-corrected chi connectivity index (χ0v) is 36.8. The van der Waals surface area contributed by atoms with Crippen LogP contribution in [0.1, 0.15) is 302 Å². The van der Waals surface area contributed by atoms with E-state index in [-0.39, 0.29) is 6.42 Å². The average molecular weight is 748 g/mol. The SMILES string of the molecule is CCCCCCCCCCCCCCCCCCCCCCCCCCCCCCCCCCCCCCCCCCCCCCNCCCC(=O)O. The zero-order valence-electron chi connectivity index (χ0n) is 36.8. The second kappa shape index (κ2) is 49.4. The van der Waals surface area contributed by atoms with E-state index in [0.29, 0.717) is 0 Å². The van der Waals surface area contributed by atoms with Crippen LogP contribution in [0, 0.1) is 0 Å². The molecule has 0 fully saturated rings. The Labute approximate surface area is 335 Å². The molecule has 0 spiro atoms. The molecule has 0 aliphatic carbocycles. The van der Waals surface area contributed by atoms with Gasteiger partial charge in [-0.2, -0.15) is 0 Å². The van der Waals surface area contributed by atoms with Crippen LogP contribution in [0.2, 0.25) is 0 Å². The van der Waals surface area contributed by atoms with Gasteiger partial charge in [0.1, 0.15) is 0 Å². The molecule has 0 saturated heterocycles. The minimum Gasteiger partial charge on any atom is -0.481 e. The fourth-order valence-corrected chi connectivity index (χ4v) is 8.24. The van der Waals surface area contributed by atoms with Crippen molar-refractivity contribution in [2.75, 3.05) is 13.1 Å². The van der Waals surface area contributed by atoms with E-state index in [1.165, 1.54) is 283 Å². The molecule has 0 saturated carbocycles.